The molecule has 2 aromatic carbocycles. The molecule has 2 aliphatic heterocycles. The number of amides is 1. The van der Waals surface area contributed by atoms with Crippen LogP contribution in [0.3, 0.4) is 0 Å². The summed E-state index contributed by atoms with van der Waals surface area (Å²) < 4.78 is 0. The summed E-state index contributed by atoms with van der Waals surface area (Å²) in [6.45, 7) is 6.60. The van der Waals surface area contributed by atoms with Crippen LogP contribution in [0.15, 0.2) is 47.6 Å². The Morgan fingerprint density at radius 1 is 1.10 bits per heavy atom. The van der Waals surface area contributed by atoms with Gasteiger partial charge in [-0.2, -0.15) is 5.10 Å². The molecule has 0 N–H and O–H groups in total. The van der Waals surface area contributed by atoms with Gasteiger partial charge in [0.15, 0.2) is 0 Å². The average molecular weight is 410 g/mol. The van der Waals surface area contributed by atoms with Crippen molar-refractivity contribution < 1.29 is 4.79 Å². The van der Waals surface area contributed by atoms with Crippen molar-refractivity contribution in [3.05, 3.63) is 69.7 Å². The van der Waals surface area contributed by atoms with Crippen LogP contribution in [0.1, 0.15) is 54.0 Å². The van der Waals surface area contributed by atoms with E-state index in [4.69, 9.17) is 16.7 Å². The first-order valence-corrected chi connectivity index (χ1v) is 10.8. The van der Waals surface area contributed by atoms with Crippen LogP contribution in [0.2, 0.25) is 5.02 Å². The minimum Gasteiger partial charge on any atom is -0.294 e. The lowest BCUT2D eigenvalue weighted by molar-refractivity contribution is -0.134. The Morgan fingerprint density at radius 2 is 1.86 bits per heavy atom. The first kappa shape index (κ1) is 20.1. The van der Waals surface area contributed by atoms with Crippen LogP contribution >= 0.6 is 11.6 Å². The Balaban J connectivity index is 1.65. The number of hydrogen-bond acceptors (Lipinski definition) is 3. The van der Waals surface area contributed by atoms with Gasteiger partial charge in [0.25, 0.3) is 5.91 Å². The lowest BCUT2D eigenvalue weighted by atomic mass is 9.95. The van der Waals surface area contributed by atoms with Crippen molar-refractivity contribution in [2.45, 2.75) is 45.6 Å². The number of benzene rings is 2. The monoisotopic (exact) mass is 409 g/mol. The van der Waals surface area contributed by atoms with Crippen LogP contribution in [-0.2, 0) is 4.79 Å². The molecule has 0 bridgehead atoms. The number of aryl methyl sites for hydroxylation is 2. The Hall–Kier alpha value is -2.17. The summed E-state index contributed by atoms with van der Waals surface area (Å²) in [5, 5.41) is 7.20. The van der Waals surface area contributed by atoms with E-state index < -0.39 is 0 Å². The van der Waals surface area contributed by atoms with Gasteiger partial charge in [0.05, 0.1) is 18.3 Å². The number of nitrogens with zero attached hydrogens (tertiary/aromatic N) is 3. The molecule has 4 rings (SSSR count). The van der Waals surface area contributed by atoms with E-state index in [1.165, 1.54) is 17.5 Å². The fourth-order valence-electron chi connectivity index (χ4n) is 4.41. The summed E-state index contributed by atoms with van der Waals surface area (Å²) in [6, 6.07) is 14.0. The second-order valence-electron chi connectivity index (χ2n) is 8.18. The van der Waals surface area contributed by atoms with Crippen LogP contribution in [0.5, 0.6) is 0 Å². The average Bonchev–Trinajstić information content (AvgIpc) is 3.14. The van der Waals surface area contributed by atoms with E-state index in [2.05, 4.69) is 36.9 Å². The predicted molar refractivity (Wildman–Crippen MR) is 118 cm³/mol. The van der Waals surface area contributed by atoms with Crippen LogP contribution in [0, 0.1) is 13.8 Å². The SMILES string of the molecule is Cc1ccc(C2=NN(C(=O)CN3CCCCC3)C(c3ccccc3Cl)C2)c(C)c1. The van der Waals surface area contributed by atoms with Gasteiger partial charge in [-0.25, -0.2) is 5.01 Å². The summed E-state index contributed by atoms with van der Waals surface area (Å²) >= 11 is 6.51. The molecular weight excluding hydrogens is 382 g/mol. The molecule has 0 spiro atoms. The first-order valence-electron chi connectivity index (χ1n) is 10.5. The van der Waals surface area contributed by atoms with E-state index in [9.17, 15) is 4.79 Å². The van der Waals surface area contributed by atoms with Crippen molar-refractivity contribution in [2.24, 2.45) is 5.10 Å². The quantitative estimate of drug-likeness (QED) is 0.702. The number of hydrazone groups is 1. The maximum Gasteiger partial charge on any atom is 0.257 e. The highest BCUT2D eigenvalue weighted by molar-refractivity contribution is 6.31. The molecule has 0 saturated carbocycles. The third kappa shape index (κ3) is 4.39. The molecule has 1 atom stereocenters. The lowest BCUT2D eigenvalue weighted by Crippen LogP contribution is -2.40. The van der Waals surface area contributed by atoms with Crippen molar-refractivity contribution in [1.82, 2.24) is 9.91 Å². The second kappa shape index (κ2) is 8.68. The van der Waals surface area contributed by atoms with Gasteiger partial charge in [-0.15, -0.1) is 0 Å². The smallest absolute Gasteiger partial charge is 0.257 e. The molecule has 1 amide bonds. The topological polar surface area (TPSA) is 35.9 Å². The number of halogens is 1. The van der Waals surface area contributed by atoms with Crippen LogP contribution < -0.4 is 0 Å². The number of likely N-dealkylation sites (tertiary alicyclic amines) is 1. The molecule has 1 saturated heterocycles. The highest BCUT2D eigenvalue weighted by Gasteiger charge is 2.35. The molecule has 29 heavy (non-hydrogen) atoms. The normalized spacial score (nSPS) is 20.0. The second-order valence-corrected chi connectivity index (χ2v) is 8.59. The van der Waals surface area contributed by atoms with E-state index in [0.717, 1.165) is 42.8 Å². The van der Waals surface area contributed by atoms with Crippen molar-refractivity contribution in [3.63, 3.8) is 0 Å². The maximum absolute atomic E-state index is 13.3. The maximum atomic E-state index is 13.3. The highest BCUT2D eigenvalue weighted by atomic mass is 35.5. The third-order valence-electron chi connectivity index (χ3n) is 5.93. The molecule has 2 aromatic rings. The van der Waals surface area contributed by atoms with Gasteiger partial charge < -0.3 is 0 Å². The van der Waals surface area contributed by atoms with E-state index in [0.29, 0.717) is 18.0 Å². The largest absolute Gasteiger partial charge is 0.294 e. The van der Waals surface area contributed by atoms with Gasteiger partial charge >= 0.3 is 0 Å². The van der Waals surface area contributed by atoms with E-state index in [-0.39, 0.29) is 11.9 Å². The van der Waals surface area contributed by atoms with Gasteiger partial charge in [0, 0.05) is 17.0 Å². The first-order chi connectivity index (χ1) is 14.0. The van der Waals surface area contributed by atoms with Gasteiger partial charge in [0.1, 0.15) is 0 Å². The van der Waals surface area contributed by atoms with Crippen molar-refractivity contribution >= 4 is 23.2 Å². The minimum atomic E-state index is -0.156. The molecular formula is C24H28ClN3O. The zero-order chi connectivity index (χ0) is 20.4. The Morgan fingerprint density at radius 3 is 2.59 bits per heavy atom. The van der Waals surface area contributed by atoms with E-state index in [1.807, 2.05) is 24.3 Å². The molecule has 0 aliphatic carbocycles. The van der Waals surface area contributed by atoms with E-state index in [1.54, 1.807) is 5.01 Å². The van der Waals surface area contributed by atoms with Gasteiger partial charge in [-0.1, -0.05) is 60.0 Å². The van der Waals surface area contributed by atoms with Crippen LogP contribution in [0.4, 0.5) is 0 Å². The minimum absolute atomic E-state index is 0.0524. The predicted octanol–water partition coefficient (Wildman–Crippen LogP) is 5.12. The summed E-state index contributed by atoms with van der Waals surface area (Å²) in [7, 11) is 0. The molecule has 1 fully saturated rings. The molecule has 2 heterocycles. The Labute approximate surface area is 178 Å². The summed E-state index contributed by atoms with van der Waals surface area (Å²) in [6.07, 6.45) is 4.27. The van der Waals surface area contributed by atoms with Gasteiger partial charge in [-0.05, 0) is 57.0 Å². The standard InChI is InChI=1S/C24H28ClN3O/c1-17-10-11-19(18(2)14-17)22-15-23(20-8-4-5-9-21(20)25)28(26-22)24(29)16-27-12-6-3-7-13-27/h4-5,8-11,14,23H,3,6-7,12-13,15-16H2,1-2H3. The zero-order valence-corrected chi connectivity index (χ0v) is 18.0. The van der Waals surface area contributed by atoms with Gasteiger partial charge in [0.2, 0.25) is 0 Å². The summed E-state index contributed by atoms with van der Waals surface area (Å²) in [5.74, 6) is 0.0524. The molecule has 1 unspecified atom stereocenters. The summed E-state index contributed by atoms with van der Waals surface area (Å²) in [4.78, 5) is 15.5. The molecule has 2 aliphatic rings. The van der Waals surface area contributed by atoms with Crippen LogP contribution in [-0.4, -0.2) is 41.2 Å². The Kier molecular flexibility index (Phi) is 6.02. The number of piperidine rings is 1. The molecule has 4 nitrogen and oxygen atoms in total. The molecule has 5 heteroatoms. The highest BCUT2D eigenvalue weighted by Crippen LogP contribution is 2.37. The fraction of sp³-hybridized carbons (Fsp3) is 0.417. The third-order valence-corrected chi connectivity index (χ3v) is 6.27. The zero-order valence-electron chi connectivity index (χ0n) is 17.2. The number of hydrogen-bond donors (Lipinski definition) is 0. The van der Waals surface area contributed by atoms with Crippen molar-refractivity contribution in [3.8, 4) is 0 Å². The molecule has 0 radical (unpaired) electrons. The lowest BCUT2D eigenvalue weighted by Gasteiger charge is -2.29. The number of rotatable bonds is 4. The van der Waals surface area contributed by atoms with Crippen molar-refractivity contribution in [2.75, 3.05) is 19.6 Å². The molecule has 152 valence electrons. The molecule has 0 aromatic heterocycles. The number of carbonyl (C=O) groups excluding carboxylic acids is 1. The fourth-order valence-corrected chi connectivity index (χ4v) is 4.67. The number of carbonyl (C=O) groups is 1. The Bertz CT molecular complexity index is 933. The van der Waals surface area contributed by atoms with Crippen LogP contribution in [0.25, 0.3) is 0 Å². The summed E-state index contributed by atoms with van der Waals surface area (Å²) in [5.41, 5.74) is 5.45. The van der Waals surface area contributed by atoms with Crippen molar-refractivity contribution in [1.29, 1.82) is 0 Å². The van der Waals surface area contributed by atoms with Gasteiger partial charge in [-0.3, -0.25) is 9.69 Å². The van der Waals surface area contributed by atoms with E-state index >= 15 is 0 Å².